The number of rotatable bonds is 5. The zero-order valence-corrected chi connectivity index (χ0v) is 10.0. The van der Waals surface area contributed by atoms with Crippen molar-refractivity contribution in [3.8, 4) is 0 Å². The Morgan fingerprint density at radius 2 is 2.29 bits per heavy atom. The summed E-state index contributed by atoms with van der Waals surface area (Å²) in [6.45, 7) is 4.39. The summed E-state index contributed by atoms with van der Waals surface area (Å²) >= 11 is 0. The number of aromatic nitrogens is 1. The molecule has 2 N–H and O–H groups in total. The second kappa shape index (κ2) is 5.72. The van der Waals surface area contributed by atoms with E-state index in [1.54, 1.807) is 0 Å². The Bertz CT molecular complexity index is 394. The predicted octanol–water partition coefficient (Wildman–Crippen LogP) is 1.36. The van der Waals surface area contributed by atoms with E-state index in [4.69, 9.17) is 5.11 Å². The molecule has 17 heavy (non-hydrogen) atoms. The highest BCUT2D eigenvalue weighted by Gasteiger charge is 2.18. The van der Waals surface area contributed by atoms with E-state index in [9.17, 15) is 9.18 Å². The normalized spacial score (nSPS) is 11.3. The highest BCUT2D eigenvalue weighted by molar-refractivity contribution is 5.94. The van der Waals surface area contributed by atoms with E-state index >= 15 is 0 Å². The van der Waals surface area contributed by atoms with Crippen molar-refractivity contribution in [3.05, 3.63) is 29.8 Å². The van der Waals surface area contributed by atoms with Gasteiger partial charge in [-0.1, -0.05) is 13.8 Å². The van der Waals surface area contributed by atoms with Crippen LogP contribution in [0.1, 0.15) is 30.6 Å². The van der Waals surface area contributed by atoms with Crippen molar-refractivity contribution in [3.63, 3.8) is 0 Å². The van der Waals surface area contributed by atoms with Gasteiger partial charge >= 0.3 is 0 Å². The molecule has 0 atom stereocenters. The summed E-state index contributed by atoms with van der Waals surface area (Å²) < 4.78 is 12.8. The van der Waals surface area contributed by atoms with Crippen molar-refractivity contribution in [1.82, 2.24) is 10.3 Å². The highest BCUT2D eigenvalue weighted by atomic mass is 19.1. The third-order valence-corrected chi connectivity index (χ3v) is 2.50. The van der Waals surface area contributed by atoms with Gasteiger partial charge in [-0.15, -0.1) is 0 Å². The fraction of sp³-hybridized carbons (Fsp3) is 0.500. The number of aliphatic hydroxyl groups excluding tert-OH is 1. The molecule has 1 heterocycles. The monoisotopic (exact) mass is 240 g/mol. The summed E-state index contributed by atoms with van der Waals surface area (Å²) in [6, 6.07) is 2.55. The quantitative estimate of drug-likeness (QED) is 0.764. The van der Waals surface area contributed by atoms with E-state index in [-0.39, 0.29) is 23.5 Å². The smallest absolute Gasteiger partial charge is 0.251 e. The van der Waals surface area contributed by atoms with Gasteiger partial charge in [0.05, 0.1) is 0 Å². The van der Waals surface area contributed by atoms with Gasteiger partial charge in [0.25, 0.3) is 5.91 Å². The van der Waals surface area contributed by atoms with Gasteiger partial charge in [-0.05, 0) is 17.9 Å². The molecule has 1 amide bonds. The average molecular weight is 240 g/mol. The molecule has 1 rings (SSSR count). The molecule has 0 radical (unpaired) electrons. The third kappa shape index (κ3) is 4.48. The van der Waals surface area contributed by atoms with Gasteiger partial charge in [-0.3, -0.25) is 4.79 Å². The molecular formula is C12H17FN2O2. The number of amides is 1. The second-order valence-electron chi connectivity index (χ2n) is 4.69. The van der Waals surface area contributed by atoms with Crippen LogP contribution in [-0.2, 0) is 0 Å². The molecule has 0 saturated carbocycles. The van der Waals surface area contributed by atoms with Crippen LogP contribution in [0.4, 0.5) is 4.39 Å². The first-order valence-corrected chi connectivity index (χ1v) is 5.45. The Hall–Kier alpha value is -1.49. The summed E-state index contributed by atoms with van der Waals surface area (Å²) in [5, 5.41) is 11.6. The minimum atomic E-state index is -0.674. The zero-order chi connectivity index (χ0) is 12.9. The lowest BCUT2D eigenvalue weighted by Gasteiger charge is -2.23. The Morgan fingerprint density at radius 1 is 1.59 bits per heavy atom. The van der Waals surface area contributed by atoms with Crippen LogP contribution >= 0.6 is 0 Å². The molecule has 0 aromatic carbocycles. The van der Waals surface area contributed by atoms with E-state index in [0.717, 1.165) is 6.07 Å². The van der Waals surface area contributed by atoms with E-state index in [1.807, 2.05) is 13.8 Å². The van der Waals surface area contributed by atoms with Crippen molar-refractivity contribution < 1.29 is 14.3 Å². The van der Waals surface area contributed by atoms with Crippen molar-refractivity contribution >= 4 is 5.91 Å². The maximum absolute atomic E-state index is 12.8. The molecule has 0 unspecified atom stereocenters. The third-order valence-electron chi connectivity index (χ3n) is 2.50. The number of nitrogens with zero attached hydrogens (tertiary/aromatic N) is 1. The van der Waals surface area contributed by atoms with Crippen LogP contribution in [0.5, 0.6) is 0 Å². The molecule has 0 aliphatic heterocycles. The number of aliphatic hydroxyl groups is 1. The average Bonchev–Trinajstić information content (AvgIpc) is 2.26. The van der Waals surface area contributed by atoms with Crippen molar-refractivity contribution in [2.24, 2.45) is 5.41 Å². The fourth-order valence-electron chi connectivity index (χ4n) is 1.36. The van der Waals surface area contributed by atoms with Crippen LogP contribution < -0.4 is 5.32 Å². The van der Waals surface area contributed by atoms with Crippen molar-refractivity contribution in [2.75, 3.05) is 13.2 Å². The van der Waals surface area contributed by atoms with Crippen LogP contribution in [0.15, 0.2) is 18.3 Å². The molecular weight excluding hydrogens is 223 g/mol. The molecule has 4 nitrogen and oxygen atoms in total. The predicted molar refractivity (Wildman–Crippen MR) is 62.0 cm³/mol. The van der Waals surface area contributed by atoms with Gasteiger partial charge in [-0.2, -0.15) is 4.39 Å². The summed E-state index contributed by atoms with van der Waals surface area (Å²) in [5.41, 5.74) is 0.0630. The number of carbonyl (C=O) groups excluding carboxylic acids is 1. The maximum atomic E-state index is 12.8. The lowest BCUT2D eigenvalue weighted by atomic mass is 9.89. The van der Waals surface area contributed by atoms with Gasteiger partial charge in [0.15, 0.2) is 0 Å². The minimum absolute atomic E-state index is 0.0761. The largest absolute Gasteiger partial charge is 0.396 e. The number of hydrogen-bond acceptors (Lipinski definition) is 3. The molecule has 0 aliphatic rings. The van der Waals surface area contributed by atoms with Crippen LogP contribution in [0.2, 0.25) is 0 Å². The number of pyridine rings is 1. The highest BCUT2D eigenvalue weighted by Crippen LogP contribution is 2.18. The molecule has 0 aliphatic carbocycles. The maximum Gasteiger partial charge on any atom is 0.251 e. The first kappa shape index (κ1) is 13.6. The van der Waals surface area contributed by atoms with Gasteiger partial charge < -0.3 is 10.4 Å². The molecule has 1 aromatic heterocycles. The summed E-state index contributed by atoms with van der Waals surface area (Å²) in [6.07, 6.45) is 1.85. The van der Waals surface area contributed by atoms with E-state index in [1.165, 1.54) is 12.3 Å². The van der Waals surface area contributed by atoms with Crippen LogP contribution in [0, 0.1) is 11.4 Å². The summed E-state index contributed by atoms with van der Waals surface area (Å²) in [7, 11) is 0. The van der Waals surface area contributed by atoms with Crippen molar-refractivity contribution in [2.45, 2.75) is 20.3 Å². The first-order valence-electron chi connectivity index (χ1n) is 5.45. The molecule has 0 bridgehead atoms. The van der Waals surface area contributed by atoms with E-state index in [2.05, 4.69) is 10.3 Å². The van der Waals surface area contributed by atoms with Gasteiger partial charge in [-0.25, -0.2) is 4.98 Å². The van der Waals surface area contributed by atoms with Crippen LogP contribution in [-0.4, -0.2) is 29.1 Å². The van der Waals surface area contributed by atoms with Crippen LogP contribution in [0.3, 0.4) is 0 Å². The van der Waals surface area contributed by atoms with Gasteiger partial charge in [0.1, 0.15) is 0 Å². The fourth-order valence-corrected chi connectivity index (χ4v) is 1.36. The number of halogens is 1. The Labute approximate surface area is 99.9 Å². The van der Waals surface area contributed by atoms with Crippen molar-refractivity contribution in [1.29, 1.82) is 0 Å². The minimum Gasteiger partial charge on any atom is -0.396 e. The number of hydrogen-bond donors (Lipinski definition) is 2. The van der Waals surface area contributed by atoms with Gasteiger partial charge in [0, 0.05) is 31.0 Å². The molecule has 0 spiro atoms. The Kier molecular flexibility index (Phi) is 4.57. The molecule has 94 valence electrons. The summed E-state index contributed by atoms with van der Waals surface area (Å²) in [5.74, 6) is -1.01. The molecule has 5 heteroatoms. The lowest BCUT2D eigenvalue weighted by Crippen LogP contribution is -2.34. The lowest BCUT2D eigenvalue weighted by molar-refractivity contribution is 0.0927. The standard InChI is InChI=1S/C12H17FN2O2/c1-12(2,4-6-16)8-15-11(17)9-3-5-14-10(13)7-9/h3,5,7,16H,4,6,8H2,1-2H3,(H,15,17). The molecule has 0 saturated heterocycles. The van der Waals surface area contributed by atoms with E-state index in [0.29, 0.717) is 13.0 Å². The van der Waals surface area contributed by atoms with Crippen LogP contribution in [0.25, 0.3) is 0 Å². The Morgan fingerprint density at radius 3 is 2.88 bits per heavy atom. The van der Waals surface area contributed by atoms with E-state index < -0.39 is 5.95 Å². The Balaban J connectivity index is 2.56. The van der Waals surface area contributed by atoms with Gasteiger partial charge in [0.2, 0.25) is 5.95 Å². The first-order chi connectivity index (χ1) is 7.94. The molecule has 1 aromatic rings. The number of nitrogens with one attached hydrogen (secondary N) is 1. The molecule has 0 fully saturated rings. The topological polar surface area (TPSA) is 62.2 Å². The second-order valence-corrected chi connectivity index (χ2v) is 4.69. The zero-order valence-electron chi connectivity index (χ0n) is 10.0. The number of carbonyl (C=O) groups is 1. The SMILES string of the molecule is CC(C)(CCO)CNC(=O)c1ccnc(F)c1. The summed E-state index contributed by atoms with van der Waals surface area (Å²) in [4.78, 5) is 15.1.